The van der Waals surface area contributed by atoms with Crippen molar-refractivity contribution in [1.82, 2.24) is 9.97 Å². The zero-order chi connectivity index (χ0) is 13.1. The molecule has 1 aliphatic rings. The molecule has 100 valence electrons. The van der Waals surface area contributed by atoms with Crippen molar-refractivity contribution in [3.05, 3.63) is 17.5 Å². The molecular weight excluding hydrogens is 290 g/mol. The van der Waals surface area contributed by atoms with Gasteiger partial charge in [-0.1, -0.05) is 29.8 Å². The summed E-state index contributed by atoms with van der Waals surface area (Å²) in [7, 11) is 0. The fraction of sp³-hybridized carbons (Fsp3) is 0.714. The lowest BCUT2D eigenvalue weighted by Crippen LogP contribution is -2.37. The lowest BCUT2D eigenvalue weighted by molar-refractivity contribution is 0.449. The smallest absolute Gasteiger partial charge is 0.225 e. The van der Waals surface area contributed by atoms with Gasteiger partial charge in [-0.2, -0.15) is 0 Å². The van der Waals surface area contributed by atoms with Gasteiger partial charge in [0, 0.05) is 29.8 Å². The number of rotatable bonds is 3. The number of hydrogen-bond donors (Lipinski definition) is 0. The van der Waals surface area contributed by atoms with Crippen molar-refractivity contribution in [2.45, 2.75) is 39.5 Å². The Kier molecular flexibility index (Phi) is 4.60. The molecule has 3 nitrogen and oxygen atoms in total. The molecule has 4 heteroatoms. The second-order valence-corrected chi connectivity index (χ2v) is 6.14. The van der Waals surface area contributed by atoms with Gasteiger partial charge in [0.2, 0.25) is 5.95 Å². The van der Waals surface area contributed by atoms with E-state index >= 15 is 0 Å². The van der Waals surface area contributed by atoms with Crippen LogP contribution in [0.1, 0.15) is 44.0 Å². The van der Waals surface area contributed by atoms with Crippen molar-refractivity contribution >= 4 is 21.9 Å². The number of anilines is 1. The Morgan fingerprint density at radius 3 is 2.89 bits per heavy atom. The lowest BCUT2D eigenvalue weighted by atomic mass is 10.0. The van der Waals surface area contributed by atoms with Crippen LogP contribution in [0.5, 0.6) is 0 Å². The van der Waals surface area contributed by atoms with Gasteiger partial charge in [0.1, 0.15) is 0 Å². The van der Waals surface area contributed by atoms with Crippen molar-refractivity contribution in [1.29, 1.82) is 0 Å². The highest BCUT2D eigenvalue weighted by molar-refractivity contribution is 9.09. The van der Waals surface area contributed by atoms with Crippen LogP contribution < -0.4 is 4.90 Å². The summed E-state index contributed by atoms with van der Waals surface area (Å²) in [6.07, 6.45) is 2.55. The van der Waals surface area contributed by atoms with Crippen molar-refractivity contribution < 1.29 is 0 Å². The third kappa shape index (κ3) is 3.22. The summed E-state index contributed by atoms with van der Waals surface area (Å²) >= 11 is 3.60. The van der Waals surface area contributed by atoms with Crippen LogP contribution in [0.4, 0.5) is 5.95 Å². The Labute approximate surface area is 118 Å². The van der Waals surface area contributed by atoms with Crippen LogP contribution in [0.15, 0.2) is 6.07 Å². The Bertz CT molecular complexity index is 406. The van der Waals surface area contributed by atoms with Crippen molar-refractivity contribution in [2.24, 2.45) is 5.92 Å². The van der Waals surface area contributed by atoms with Crippen LogP contribution in [0.2, 0.25) is 0 Å². The molecule has 1 unspecified atom stereocenters. The Balaban J connectivity index is 2.21. The molecule has 1 atom stereocenters. The largest absolute Gasteiger partial charge is 0.341 e. The summed E-state index contributed by atoms with van der Waals surface area (Å²) in [5, 5.41) is 1.08. The molecule has 2 rings (SSSR count). The first-order valence-electron chi connectivity index (χ1n) is 6.76. The number of nitrogens with zero attached hydrogens (tertiary/aromatic N) is 3. The van der Waals surface area contributed by atoms with Crippen LogP contribution in [0, 0.1) is 12.8 Å². The fourth-order valence-electron chi connectivity index (χ4n) is 2.39. The van der Waals surface area contributed by atoms with E-state index in [1.165, 1.54) is 12.8 Å². The van der Waals surface area contributed by atoms with Crippen LogP contribution >= 0.6 is 15.9 Å². The molecule has 0 bridgehead atoms. The maximum absolute atomic E-state index is 4.73. The topological polar surface area (TPSA) is 29.0 Å². The zero-order valence-corrected chi connectivity index (χ0v) is 13.1. The second kappa shape index (κ2) is 6.00. The van der Waals surface area contributed by atoms with Gasteiger partial charge in [0.15, 0.2) is 0 Å². The van der Waals surface area contributed by atoms with Crippen molar-refractivity contribution in [3.8, 4) is 0 Å². The van der Waals surface area contributed by atoms with E-state index in [1.807, 2.05) is 0 Å². The predicted molar refractivity (Wildman–Crippen MR) is 79.6 cm³/mol. The van der Waals surface area contributed by atoms with E-state index in [2.05, 4.69) is 52.7 Å². The minimum Gasteiger partial charge on any atom is -0.341 e. The van der Waals surface area contributed by atoms with E-state index in [-0.39, 0.29) is 0 Å². The van der Waals surface area contributed by atoms with E-state index in [1.54, 1.807) is 0 Å². The van der Waals surface area contributed by atoms with Crippen molar-refractivity contribution in [2.75, 3.05) is 23.3 Å². The van der Waals surface area contributed by atoms with E-state index in [0.29, 0.717) is 5.92 Å². The highest BCUT2D eigenvalue weighted by Gasteiger charge is 2.21. The number of aromatic nitrogens is 2. The molecule has 1 aromatic rings. The maximum Gasteiger partial charge on any atom is 0.225 e. The number of halogens is 1. The minimum absolute atomic E-state index is 0.460. The summed E-state index contributed by atoms with van der Waals surface area (Å²) in [6, 6.07) is 2.10. The van der Waals surface area contributed by atoms with Crippen LogP contribution in [-0.4, -0.2) is 28.4 Å². The summed E-state index contributed by atoms with van der Waals surface area (Å²) < 4.78 is 0. The van der Waals surface area contributed by atoms with Gasteiger partial charge in [-0.05, 0) is 37.7 Å². The number of aryl methyl sites for hydroxylation is 1. The van der Waals surface area contributed by atoms with Gasteiger partial charge >= 0.3 is 0 Å². The molecule has 0 saturated carbocycles. The van der Waals surface area contributed by atoms with Crippen LogP contribution in [0.3, 0.4) is 0 Å². The summed E-state index contributed by atoms with van der Waals surface area (Å²) in [4.78, 5) is 11.7. The molecule has 0 aliphatic carbocycles. The van der Waals surface area contributed by atoms with Crippen molar-refractivity contribution in [3.63, 3.8) is 0 Å². The van der Waals surface area contributed by atoms with Gasteiger partial charge in [-0.25, -0.2) is 9.97 Å². The van der Waals surface area contributed by atoms with Gasteiger partial charge in [-0.3, -0.25) is 0 Å². The molecule has 1 aromatic heterocycles. The SMILES string of the molecule is Cc1cc(C(C)C)nc(N2CCCC(CBr)C2)n1. The predicted octanol–water partition coefficient (Wildman–Crippen LogP) is 3.52. The Morgan fingerprint density at radius 2 is 2.22 bits per heavy atom. The monoisotopic (exact) mass is 311 g/mol. The Hall–Kier alpha value is -0.640. The number of piperidine rings is 1. The van der Waals surface area contributed by atoms with Gasteiger partial charge in [0.25, 0.3) is 0 Å². The van der Waals surface area contributed by atoms with E-state index in [4.69, 9.17) is 4.98 Å². The molecule has 0 amide bonds. The summed E-state index contributed by atoms with van der Waals surface area (Å²) in [6.45, 7) is 8.59. The third-order valence-electron chi connectivity index (χ3n) is 3.47. The molecule has 0 aromatic carbocycles. The van der Waals surface area contributed by atoms with E-state index in [0.717, 1.165) is 41.7 Å². The zero-order valence-electron chi connectivity index (χ0n) is 11.5. The molecule has 0 spiro atoms. The van der Waals surface area contributed by atoms with Gasteiger partial charge in [0.05, 0.1) is 0 Å². The molecule has 18 heavy (non-hydrogen) atoms. The van der Waals surface area contributed by atoms with Gasteiger partial charge in [-0.15, -0.1) is 0 Å². The van der Waals surface area contributed by atoms with Crippen LogP contribution in [0.25, 0.3) is 0 Å². The quantitative estimate of drug-likeness (QED) is 0.800. The molecule has 1 aliphatic heterocycles. The summed E-state index contributed by atoms with van der Waals surface area (Å²) in [5.41, 5.74) is 2.23. The van der Waals surface area contributed by atoms with Gasteiger partial charge < -0.3 is 4.90 Å². The molecule has 0 radical (unpaired) electrons. The molecule has 2 heterocycles. The molecule has 1 fully saturated rings. The average molecular weight is 312 g/mol. The molecule has 1 saturated heterocycles. The summed E-state index contributed by atoms with van der Waals surface area (Å²) in [5.74, 6) is 2.11. The lowest BCUT2D eigenvalue weighted by Gasteiger charge is -2.32. The number of hydrogen-bond acceptors (Lipinski definition) is 3. The number of alkyl halides is 1. The Morgan fingerprint density at radius 1 is 1.44 bits per heavy atom. The first-order valence-corrected chi connectivity index (χ1v) is 7.88. The third-order valence-corrected chi connectivity index (χ3v) is 4.39. The van der Waals surface area contributed by atoms with E-state index in [9.17, 15) is 0 Å². The molecular formula is C14H22BrN3. The standard InChI is InChI=1S/C14H22BrN3/c1-10(2)13-7-11(3)16-14(17-13)18-6-4-5-12(8-15)9-18/h7,10,12H,4-6,8-9H2,1-3H3. The van der Waals surface area contributed by atoms with E-state index < -0.39 is 0 Å². The first kappa shape index (κ1) is 13.8. The minimum atomic E-state index is 0.460. The fourth-order valence-corrected chi connectivity index (χ4v) is 2.92. The average Bonchev–Trinajstić information content (AvgIpc) is 2.38. The molecule has 0 N–H and O–H groups in total. The first-order chi connectivity index (χ1) is 8.60. The second-order valence-electron chi connectivity index (χ2n) is 5.50. The normalized spacial score (nSPS) is 20.5. The highest BCUT2D eigenvalue weighted by atomic mass is 79.9. The van der Waals surface area contributed by atoms with Crippen LogP contribution in [-0.2, 0) is 0 Å². The highest BCUT2D eigenvalue weighted by Crippen LogP contribution is 2.23. The maximum atomic E-state index is 4.73.